The van der Waals surface area contributed by atoms with E-state index in [1.54, 1.807) is 0 Å². The van der Waals surface area contributed by atoms with Crippen molar-refractivity contribution in [2.45, 2.75) is 26.3 Å². The van der Waals surface area contributed by atoms with Gasteiger partial charge in [-0.05, 0) is 25.5 Å². The number of hydrogen-bond acceptors (Lipinski definition) is 4. The maximum Gasteiger partial charge on any atom is 0.221 e. The predicted octanol–water partition coefficient (Wildman–Crippen LogP) is 1.63. The molecule has 0 bridgehead atoms. The van der Waals surface area contributed by atoms with Crippen molar-refractivity contribution < 1.29 is 9.53 Å². The van der Waals surface area contributed by atoms with Crippen LogP contribution in [0.4, 0.5) is 5.69 Å². The van der Waals surface area contributed by atoms with Gasteiger partial charge in [0.25, 0.3) is 0 Å². The van der Waals surface area contributed by atoms with Crippen molar-refractivity contribution in [3.63, 3.8) is 0 Å². The van der Waals surface area contributed by atoms with E-state index in [0.29, 0.717) is 25.6 Å². The monoisotopic (exact) mass is 305 g/mol. The van der Waals surface area contributed by atoms with Crippen LogP contribution in [0.1, 0.15) is 18.9 Å². The number of anilines is 1. The molecule has 1 aromatic carbocycles. The third-order valence-corrected chi connectivity index (χ3v) is 4.08. The second-order valence-electron chi connectivity index (χ2n) is 5.79. The van der Waals surface area contributed by atoms with Gasteiger partial charge in [0.05, 0.1) is 13.2 Å². The molecule has 1 atom stereocenters. The summed E-state index contributed by atoms with van der Waals surface area (Å²) in [6, 6.07) is 8.47. The first kappa shape index (κ1) is 16.8. The zero-order valence-electron chi connectivity index (χ0n) is 13.6. The molecule has 5 heteroatoms. The number of nitrogens with one attached hydrogen (secondary N) is 2. The second kappa shape index (κ2) is 8.76. The molecule has 0 saturated carbocycles. The minimum atomic E-state index is 0.0983. The molecular formula is C17H27N3O2. The summed E-state index contributed by atoms with van der Waals surface area (Å²) in [5.41, 5.74) is 2.29. The summed E-state index contributed by atoms with van der Waals surface area (Å²) in [6.07, 6.45) is 0.490. The van der Waals surface area contributed by atoms with Gasteiger partial charge in [0.1, 0.15) is 0 Å². The van der Waals surface area contributed by atoms with Crippen LogP contribution in [0, 0.1) is 6.92 Å². The maximum atomic E-state index is 11.9. The molecule has 0 unspecified atom stereocenters. The van der Waals surface area contributed by atoms with E-state index in [2.05, 4.69) is 35.4 Å². The molecule has 1 fully saturated rings. The van der Waals surface area contributed by atoms with Gasteiger partial charge < -0.3 is 15.4 Å². The molecule has 1 heterocycles. The molecule has 0 spiro atoms. The summed E-state index contributed by atoms with van der Waals surface area (Å²) in [4.78, 5) is 14.3. The Hall–Kier alpha value is -1.59. The Morgan fingerprint density at radius 1 is 1.32 bits per heavy atom. The predicted molar refractivity (Wildman–Crippen MR) is 89.1 cm³/mol. The molecule has 1 amide bonds. The average molecular weight is 305 g/mol. The molecule has 22 heavy (non-hydrogen) atoms. The maximum absolute atomic E-state index is 11.9. The number of benzene rings is 1. The Morgan fingerprint density at radius 3 is 2.77 bits per heavy atom. The average Bonchev–Trinajstić information content (AvgIpc) is 2.55. The van der Waals surface area contributed by atoms with Crippen LogP contribution >= 0.6 is 0 Å². The zero-order chi connectivity index (χ0) is 15.8. The fourth-order valence-electron chi connectivity index (χ4n) is 2.58. The molecule has 1 aliphatic heterocycles. The van der Waals surface area contributed by atoms with Crippen LogP contribution in [-0.2, 0) is 9.53 Å². The number of rotatable bonds is 7. The molecule has 0 radical (unpaired) electrons. The lowest BCUT2D eigenvalue weighted by atomic mass is 10.2. The number of aryl methyl sites for hydroxylation is 1. The number of amides is 1. The Bertz CT molecular complexity index is 473. The molecule has 2 rings (SSSR count). The molecule has 122 valence electrons. The lowest BCUT2D eigenvalue weighted by molar-refractivity contribution is -0.121. The number of ether oxygens (including phenoxy) is 1. The van der Waals surface area contributed by atoms with Crippen LogP contribution in [0.5, 0.6) is 0 Å². The van der Waals surface area contributed by atoms with Crippen LogP contribution in [0.3, 0.4) is 0 Å². The highest BCUT2D eigenvalue weighted by Crippen LogP contribution is 2.12. The standard InChI is InChI=1S/C17H27N3O2/c1-14-5-3-4-6-16(14)18-8-7-17(21)19-13-15(2)20-9-11-22-12-10-20/h3-6,15,18H,7-13H2,1-2H3,(H,19,21)/t15-/m1/s1. The summed E-state index contributed by atoms with van der Waals surface area (Å²) >= 11 is 0. The van der Waals surface area contributed by atoms with Gasteiger partial charge in [-0.25, -0.2) is 0 Å². The van der Waals surface area contributed by atoms with Crippen LogP contribution in [0.15, 0.2) is 24.3 Å². The van der Waals surface area contributed by atoms with Crippen molar-refractivity contribution >= 4 is 11.6 Å². The van der Waals surface area contributed by atoms with Crippen molar-refractivity contribution in [2.24, 2.45) is 0 Å². The minimum Gasteiger partial charge on any atom is -0.384 e. The Labute approximate surface area is 133 Å². The SMILES string of the molecule is Cc1ccccc1NCCC(=O)NC[C@@H](C)N1CCOCC1. The van der Waals surface area contributed by atoms with E-state index in [0.717, 1.165) is 32.0 Å². The van der Waals surface area contributed by atoms with Crippen molar-refractivity contribution in [3.05, 3.63) is 29.8 Å². The number of para-hydroxylation sites is 1. The Kier molecular flexibility index (Phi) is 6.68. The van der Waals surface area contributed by atoms with E-state index >= 15 is 0 Å². The quantitative estimate of drug-likeness (QED) is 0.804. The number of nitrogens with zero attached hydrogens (tertiary/aromatic N) is 1. The first-order valence-corrected chi connectivity index (χ1v) is 8.05. The molecule has 2 N–H and O–H groups in total. The summed E-state index contributed by atoms with van der Waals surface area (Å²) in [6.45, 7) is 9.05. The van der Waals surface area contributed by atoms with E-state index in [9.17, 15) is 4.79 Å². The molecule has 1 saturated heterocycles. The van der Waals surface area contributed by atoms with Crippen LogP contribution in [-0.4, -0.2) is 56.2 Å². The number of hydrogen-bond donors (Lipinski definition) is 2. The van der Waals surface area contributed by atoms with E-state index < -0.39 is 0 Å². The van der Waals surface area contributed by atoms with Crippen molar-refractivity contribution in [1.82, 2.24) is 10.2 Å². The number of carbonyl (C=O) groups is 1. The van der Waals surface area contributed by atoms with Gasteiger partial charge in [0.2, 0.25) is 5.91 Å². The minimum absolute atomic E-state index is 0.0983. The lowest BCUT2D eigenvalue weighted by Gasteiger charge is -2.32. The lowest BCUT2D eigenvalue weighted by Crippen LogP contribution is -2.47. The molecule has 5 nitrogen and oxygen atoms in total. The fourth-order valence-corrected chi connectivity index (χ4v) is 2.58. The summed E-state index contributed by atoms with van der Waals surface area (Å²) < 4.78 is 5.34. The molecule has 0 aromatic heterocycles. The van der Waals surface area contributed by atoms with Gasteiger partial charge in [-0.15, -0.1) is 0 Å². The number of morpholine rings is 1. The second-order valence-corrected chi connectivity index (χ2v) is 5.79. The molecule has 0 aliphatic carbocycles. The van der Waals surface area contributed by atoms with Gasteiger partial charge >= 0.3 is 0 Å². The van der Waals surface area contributed by atoms with Crippen LogP contribution in [0.2, 0.25) is 0 Å². The van der Waals surface area contributed by atoms with Gasteiger partial charge in [0.15, 0.2) is 0 Å². The first-order valence-electron chi connectivity index (χ1n) is 8.05. The highest BCUT2D eigenvalue weighted by Gasteiger charge is 2.17. The topological polar surface area (TPSA) is 53.6 Å². The third-order valence-electron chi connectivity index (χ3n) is 4.08. The summed E-state index contributed by atoms with van der Waals surface area (Å²) in [7, 11) is 0. The van der Waals surface area contributed by atoms with E-state index in [4.69, 9.17) is 4.74 Å². The smallest absolute Gasteiger partial charge is 0.221 e. The van der Waals surface area contributed by atoms with Gasteiger partial charge in [-0.1, -0.05) is 18.2 Å². The van der Waals surface area contributed by atoms with Gasteiger partial charge in [-0.2, -0.15) is 0 Å². The van der Waals surface area contributed by atoms with Crippen LogP contribution in [0.25, 0.3) is 0 Å². The normalized spacial score (nSPS) is 17.0. The van der Waals surface area contributed by atoms with Crippen molar-refractivity contribution in [2.75, 3.05) is 44.7 Å². The largest absolute Gasteiger partial charge is 0.384 e. The highest BCUT2D eigenvalue weighted by atomic mass is 16.5. The summed E-state index contributed by atoms with van der Waals surface area (Å²) in [5, 5.41) is 6.33. The van der Waals surface area contributed by atoms with Crippen molar-refractivity contribution in [3.8, 4) is 0 Å². The van der Waals surface area contributed by atoms with Crippen LogP contribution < -0.4 is 10.6 Å². The van der Waals surface area contributed by atoms with E-state index in [1.807, 2.05) is 18.2 Å². The van der Waals surface area contributed by atoms with E-state index in [-0.39, 0.29) is 5.91 Å². The third kappa shape index (κ3) is 5.31. The van der Waals surface area contributed by atoms with Crippen molar-refractivity contribution in [1.29, 1.82) is 0 Å². The van der Waals surface area contributed by atoms with Gasteiger partial charge in [-0.3, -0.25) is 9.69 Å². The summed E-state index contributed by atoms with van der Waals surface area (Å²) in [5.74, 6) is 0.0983. The molecule has 1 aromatic rings. The zero-order valence-corrected chi connectivity index (χ0v) is 13.6. The van der Waals surface area contributed by atoms with E-state index in [1.165, 1.54) is 5.56 Å². The Morgan fingerprint density at radius 2 is 2.05 bits per heavy atom. The number of carbonyl (C=O) groups excluding carboxylic acids is 1. The van der Waals surface area contributed by atoms with Gasteiger partial charge in [0, 0.05) is 44.3 Å². The molecule has 1 aliphatic rings. The Balaban J connectivity index is 1.62. The highest BCUT2D eigenvalue weighted by molar-refractivity contribution is 5.76. The molecular weight excluding hydrogens is 278 g/mol. The first-order chi connectivity index (χ1) is 10.7. The fraction of sp³-hybridized carbons (Fsp3) is 0.588.